The van der Waals surface area contributed by atoms with E-state index in [2.05, 4.69) is 6.07 Å². The Hall–Kier alpha value is -4.75. The minimum absolute atomic E-state index is 0.190. The summed E-state index contributed by atoms with van der Waals surface area (Å²) in [4.78, 5) is 0. The molecule has 0 saturated carbocycles. The van der Waals surface area contributed by atoms with Crippen molar-refractivity contribution in [2.45, 2.75) is 20.6 Å². The van der Waals surface area contributed by atoms with Crippen LogP contribution in [-0.4, -0.2) is 0 Å². The van der Waals surface area contributed by atoms with Crippen LogP contribution in [0.1, 0.15) is 30.5 Å². The van der Waals surface area contributed by atoms with Gasteiger partial charge in [-0.2, -0.15) is 5.26 Å². The van der Waals surface area contributed by atoms with Crippen molar-refractivity contribution in [3.05, 3.63) is 113 Å². The monoisotopic (exact) mass is 503 g/mol. The SMILES string of the molecule is [2H]C([2H])([2H])c1c[n+](C)c(-c2c(C)ccc3c2oc2c(-c4ccc(C([2H])([2H])[2H])c(-c5ccccc5)c4)c(C#N)ccc23)cc1F. The van der Waals surface area contributed by atoms with Gasteiger partial charge in [0.1, 0.15) is 24.0 Å². The highest BCUT2D eigenvalue weighted by Gasteiger charge is 2.24. The summed E-state index contributed by atoms with van der Waals surface area (Å²) >= 11 is 0. The van der Waals surface area contributed by atoms with E-state index in [0.717, 1.165) is 21.9 Å². The van der Waals surface area contributed by atoms with Crippen molar-refractivity contribution in [2.75, 3.05) is 0 Å². The second-order valence-electron chi connectivity index (χ2n) is 9.37. The van der Waals surface area contributed by atoms with Crippen LogP contribution < -0.4 is 4.57 Å². The number of aryl methyl sites for hydroxylation is 4. The minimum atomic E-state index is -2.61. The fourth-order valence-electron chi connectivity index (χ4n) is 5.13. The molecule has 38 heavy (non-hydrogen) atoms. The number of aromatic nitrogens is 1. The van der Waals surface area contributed by atoms with Crippen LogP contribution >= 0.6 is 0 Å². The Morgan fingerprint density at radius 3 is 2.26 bits per heavy atom. The lowest BCUT2D eigenvalue weighted by Gasteiger charge is -2.11. The Kier molecular flexibility index (Phi) is 4.17. The Labute approximate surface area is 229 Å². The minimum Gasteiger partial charge on any atom is -0.454 e. The van der Waals surface area contributed by atoms with Gasteiger partial charge in [-0.25, -0.2) is 8.96 Å². The Morgan fingerprint density at radius 1 is 0.816 bits per heavy atom. The summed E-state index contributed by atoms with van der Waals surface area (Å²) in [5, 5.41) is 11.6. The summed E-state index contributed by atoms with van der Waals surface area (Å²) in [6, 6.07) is 25.0. The Bertz CT molecular complexity index is 2140. The molecule has 4 aromatic carbocycles. The maximum atomic E-state index is 15.1. The summed E-state index contributed by atoms with van der Waals surface area (Å²) in [7, 11) is 1.65. The Morgan fingerprint density at radius 2 is 1.53 bits per heavy atom. The first kappa shape index (κ1) is 17.7. The number of benzene rings is 4. The van der Waals surface area contributed by atoms with Gasteiger partial charge in [-0.05, 0) is 66.6 Å². The molecule has 0 amide bonds. The van der Waals surface area contributed by atoms with Crippen molar-refractivity contribution in [3.8, 4) is 39.6 Å². The number of nitrogens with zero attached hydrogens (tertiary/aromatic N) is 2. The van der Waals surface area contributed by atoms with Crippen molar-refractivity contribution in [3.63, 3.8) is 0 Å². The van der Waals surface area contributed by atoms with E-state index in [1.807, 2.05) is 49.4 Å². The van der Waals surface area contributed by atoms with Gasteiger partial charge in [0.2, 0.25) is 5.69 Å². The molecule has 0 saturated heterocycles. The highest BCUT2D eigenvalue weighted by atomic mass is 19.1. The largest absolute Gasteiger partial charge is 0.454 e. The van der Waals surface area contributed by atoms with E-state index in [-0.39, 0.29) is 11.1 Å². The molecule has 0 aliphatic heterocycles. The lowest BCUT2D eigenvalue weighted by atomic mass is 9.92. The van der Waals surface area contributed by atoms with Crippen molar-refractivity contribution < 1.29 is 21.6 Å². The fraction of sp³-hybridized carbons (Fsp3) is 0.118. The normalized spacial score (nSPS) is 14.3. The second-order valence-corrected chi connectivity index (χ2v) is 9.37. The first-order chi connectivity index (χ1) is 20.8. The van der Waals surface area contributed by atoms with Crippen LogP contribution in [0, 0.1) is 37.8 Å². The predicted molar refractivity (Wildman–Crippen MR) is 150 cm³/mol. The summed E-state index contributed by atoms with van der Waals surface area (Å²) in [6.07, 6.45) is 1.27. The molecule has 0 atom stereocenters. The van der Waals surface area contributed by atoms with Gasteiger partial charge < -0.3 is 4.42 Å². The van der Waals surface area contributed by atoms with E-state index in [9.17, 15) is 5.26 Å². The van der Waals surface area contributed by atoms with Crippen LogP contribution in [-0.2, 0) is 7.05 Å². The van der Waals surface area contributed by atoms with Gasteiger partial charge in [0.15, 0.2) is 6.20 Å². The molecule has 2 heterocycles. The van der Waals surface area contributed by atoms with Crippen LogP contribution in [0.4, 0.5) is 4.39 Å². The standard InChI is InChI=1S/C34H26FN2O/c1-20-10-12-24(16-28(20)23-8-6-5-7-9-23)32-25(18-36)13-15-27-26-14-11-21(2)31(33(26)38-34(27)32)30-17-29(35)22(3)19-37(30)4/h5-17,19H,1-4H3/q+1/i1D3,3D3. The van der Waals surface area contributed by atoms with E-state index in [4.69, 9.17) is 12.6 Å². The molecule has 6 aromatic rings. The average Bonchev–Trinajstić information content (AvgIpc) is 3.35. The topological polar surface area (TPSA) is 40.8 Å². The van der Waals surface area contributed by atoms with Crippen molar-refractivity contribution in [1.29, 1.82) is 5.26 Å². The number of furan rings is 1. The molecule has 0 radical (unpaired) electrons. The van der Waals surface area contributed by atoms with Crippen LogP contribution in [0.25, 0.3) is 55.4 Å². The van der Waals surface area contributed by atoms with Crippen LogP contribution in [0.5, 0.6) is 0 Å². The zero-order valence-electron chi connectivity index (χ0n) is 26.8. The van der Waals surface area contributed by atoms with E-state index in [1.54, 1.807) is 41.9 Å². The van der Waals surface area contributed by atoms with Gasteiger partial charge in [-0.1, -0.05) is 54.6 Å². The maximum Gasteiger partial charge on any atom is 0.219 e. The molecule has 0 spiro atoms. The third-order valence-corrected chi connectivity index (χ3v) is 7.01. The van der Waals surface area contributed by atoms with Gasteiger partial charge in [0, 0.05) is 36.2 Å². The molecular formula is C34H26FN2O+. The van der Waals surface area contributed by atoms with Crippen molar-refractivity contribution in [1.82, 2.24) is 0 Å². The molecule has 0 N–H and O–H groups in total. The molecule has 6 rings (SSSR count). The number of rotatable bonds is 3. The summed E-state index contributed by atoms with van der Waals surface area (Å²) in [5.41, 5.74) is 5.18. The quantitative estimate of drug-likeness (QED) is 0.228. The number of hydrogen-bond donors (Lipinski definition) is 0. The van der Waals surface area contributed by atoms with Gasteiger partial charge in [0.05, 0.1) is 17.2 Å². The molecular weight excluding hydrogens is 471 g/mol. The van der Waals surface area contributed by atoms with E-state index in [1.165, 1.54) is 12.3 Å². The van der Waals surface area contributed by atoms with Gasteiger partial charge in [-0.15, -0.1) is 0 Å². The van der Waals surface area contributed by atoms with Gasteiger partial charge in [-0.3, -0.25) is 0 Å². The number of pyridine rings is 1. The number of halogens is 1. The number of hydrogen-bond acceptors (Lipinski definition) is 2. The van der Waals surface area contributed by atoms with Gasteiger partial charge >= 0.3 is 0 Å². The predicted octanol–water partition coefficient (Wildman–Crippen LogP) is 8.35. The Balaban J connectivity index is 1.66. The maximum absolute atomic E-state index is 15.1. The zero-order valence-corrected chi connectivity index (χ0v) is 20.8. The van der Waals surface area contributed by atoms with Crippen molar-refractivity contribution in [2.24, 2.45) is 7.05 Å². The van der Waals surface area contributed by atoms with Crippen LogP contribution in [0.15, 0.2) is 89.5 Å². The van der Waals surface area contributed by atoms with Crippen LogP contribution in [0.3, 0.4) is 0 Å². The molecule has 0 fully saturated rings. The molecule has 0 unspecified atom stereocenters. The first-order valence-corrected chi connectivity index (χ1v) is 12.1. The summed E-state index contributed by atoms with van der Waals surface area (Å²) in [5.74, 6) is -0.846. The lowest BCUT2D eigenvalue weighted by Crippen LogP contribution is -2.31. The smallest absolute Gasteiger partial charge is 0.219 e. The lowest BCUT2D eigenvalue weighted by molar-refractivity contribution is -0.661. The number of nitriles is 1. The van der Waals surface area contributed by atoms with E-state index in [0.29, 0.717) is 44.7 Å². The summed E-state index contributed by atoms with van der Waals surface area (Å²) < 4.78 is 70.8. The summed E-state index contributed by atoms with van der Waals surface area (Å²) in [6.45, 7) is -3.12. The van der Waals surface area contributed by atoms with Crippen molar-refractivity contribution >= 4 is 21.9 Å². The highest BCUT2D eigenvalue weighted by molar-refractivity contribution is 6.14. The van der Waals surface area contributed by atoms with Crippen LogP contribution in [0.2, 0.25) is 0 Å². The number of fused-ring (bicyclic) bond motifs is 3. The average molecular weight is 504 g/mol. The fourth-order valence-corrected chi connectivity index (χ4v) is 5.13. The van der Waals surface area contributed by atoms with E-state index < -0.39 is 19.5 Å². The van der Waals surface area contributed by atoms with E-state index >= 15 is 4.39 Å². The molecule has 0 aliphatic rings. The molecule has 0 bridgehead atoms. The third-order valence-electron chi connectivity index (χ3n) is 7.01. The molecule has 2 aromatic heterocycles. The third kappa shape index (κ3) is 3.67. The first-order valence-electron chi connectivity index (χ1n) is 15.1. The molecule has 184 valence electrons. The van der Waals surface area contributed by atoms with Gasteiger partial charge in [0.25, 0.3) is 0 Å². The molecule has 3 nitrogen and oxygen atoms in total. The highest BCUT2D eigenvalue weighted by Crippen LogP contribution is 2.42. The molecule has 4 heteroatoms. The zero-order chi connectivity index (χ0) is 31.6. The second kappa shape index (κ2) is 8.97. The molecule has 0 aliphatic carbocycles.